The van der Waals surface area contributed by atoms with Crippen molar-refractivity contribution >= 4 is 46.7 Å². The number of benzene rings is 3. The minimum atomic E-state index is -0.707. The fraction of sp³-hybridized carbons (Fsp3) is 0.172. The smallest absolute Gasteiger partial charge is 0.343 e. The summed E-state index contributed by atoms with van der Waals surface area (Å²) < 4.78 is 15.7. The summed E-state index contributed by atoms with van der Waals surface area (Å²) in [6.45, 7) is 2.31. The molecule has 9 nitrogen and oxygen atoms in total. The zero-order valence-corrected chi connectivity index (χ0v) is 22.0. The average molecular weight is 549 g/mol. The predicted molar refractivity (Wildman–Crippen MR) is 145 cm³/mol. The van der Waals surface area contributed by atoms with Crippen LogP contribution in [0.2, 0.25) is 0 Å². The van der Waals surface area contributed by atoms with Crippen LogP contribution in [0.3, 0.4) is 0 Å². The van der Waals surface area contributed by atoms with Gasteiger partial charge in [-0.3, -0.25) is 9.59 Å². The highest BCUT2D eigenvalue weighted by atomic mass is 35.5. The van der Waals surface area contributed by atoms with Crippen molar-refractivity contribution in [2.24, 2.45) is 0 Å². The maximum atomic E-state index is 13.1. The zero-order chi connectivity index (χ0) is 27.9. The van der Waals surface area contributed by atoms with Crippen LogP contribution in [0.5, 0.6) is 11.5 Å². The number of ether oxygens (including phenoxy) is 3. The highest BCUT2D eigenvalue weighted by molar-refractivity contribution is 6.53. The van der Waals surface area contributed by atoms with Crippen molar-refractivity contribution in [2.75, 3.05) is 23.9 Å². The number of imide groups is 1. The van der Waals surface area contributed by atoms with Crippen LogP contribution in [-0.4, -0.2) is 37.5 Å². The van der Waals surface area contributed by atoms with E-state index in [2.05, 4.69) is 5.32 Å². The van der Waals surface area contributed by atoms with E-state index < -0.39 is 23.8 Å². The molecule has 10 heteroatoms. The zero-order valence-electron chi connectivity index (χ0n) is 21.2. The Morgan fingerprint density at radius 2 is 1.51 bits per heavy atom. The summed E-state index contributed by atoms with van der Waals surface area (Å²) in [6, 6.07) is 18.7. The van der Waals surface area contributed by atoms with Crippen LogP contribution < -0.4 is 19.7 Å². The number of carbonyl (C=O) groups is 4. The monoisotopic (exact) mass is 548 g/mol. The molecular formula is C29H25ClN2O7. The molecule has 0 unspecified atom stereocenters. The normalized spacial score (nSPS) is 12.9. The second-order valence-corrected chi connectivity index (χ2v) is 8.82. The largest absolute Gasteiger partial charge is 0.497 e. The van der Waals surface area contributed by atoms with Gasteiger partial charge >= 0.3 is 11.9 Å². The van der Waals surface area contributed by atoms with Crippen LogP contribution in [0.1, 0.15) is 40.5 Å². The van der Waals surface area contributed by atoms with Gasteiger partial charge < -0.3 is 19.5 Å². The maximum absolute atomic E-state index is 13.1. The quantitative estimate of drug-likeness (QED) is 0.157. The molecule has 4 rings (SSSR count). The first-order valence-electron chi connectivity index (χ1n) is 12.1. The number of hydrogen-bond acceptors (Lipinski definition) is 8. The Kier molecular flexibility index (Phi) is 8.63. The first kappa shape index (κ1) is 27.4. The number of carbonyl (C=O) groups excluding carboxylic acids is 4. The first-order chi connectivity index (χ1) is 18.8. The van der Waals surface area contributed by atoms with Crippen molar-refractivity contribution < 1.29 is 33.4 Å². The second-order valence-electron chi connectivity index (χ2n) is 8.44. The molecule has 2 amide bonds. The molecule has 0 spiro atoms. The van der Waals surface area contributed by atoms with E-state index in [0.717, 1.165) is 17.7 Å². The number of halogens is 1. The molecule has 0 atom stereocenters. The number of esters is 2. The van der Waals surface area contributed by atoms with Gasteiger partial charge in [-0.1, -0.05) is 31.0 Å². The maximum Gasteiger partial charge on any atom is 0.343 e. The third-order valence-corrected chi connectivity index (χ3v) is 6.11. The molecule has 200 valence electrons. The molecule has 1 aliphatic rings. The predicted octanol–water partition coefficient (Wildman–Crippen LogP) is 5.31. The van der Waals surface area contributed by atoms with E-state index in [9.17, 15) is 19.2 Å². The number of nitrogens with zero attached hydrogens (tertiary/aromatic N) is 1. The SMILES string of the molecule is CCCCOC(=O)c1ccc(N2C(=O)C(Cl)=C(Nc3ccc(C(=O)Oc4cccc(OC)c4)cc3)C2=O)cc1. The molecule has 3 aromatic carbocycles. The Morgan fingerprint density at radius 3 is 2.18 bits per heavy atom. The summed E-state index contributed by atoms with van der Waals surface area (Å²) in [5, 5.41) is 2.57. The van der Waals surface area contributed by atoms with E-state index in [1.807, 2.05) is 6.92 Å². The number of hydrogen-bond donors (Lipinski definition) is 1. The Hall–Kier alpha value is -4.63. The lowest BCUT2D eigenvalue weighted by molar-refractivity contribution is -0.120. The molecule has 0 aromatic heterocycles. The van der Waals surface area contributed by atoms with Gasteiger partial charge in [0, 0.05) is 11.8 Å². The Balaban J connectivity index is 1.41. The molecule has 0 saturated heterocycles. The van der Waals surface area contributed by atoms with Crippen molar-refractivity contribution in [1.29, 1.82) is 0 Å². The van der Waals surface area contributed by atoms with E-state index in [0.29, 0.717) is 29.4 Å². The Bertz CT molecular complexity index is 1430. The number of rotatable bonds is 10. The first-order valence-corrected chi connectivity index (χ1v) is 12.5. The van der Waals surface area contributed by atoms with Gasteiger partial charge in [-0.25, -0.2) is 14.5 Å². The molecule has 1 aliphatic heterocycles. The van der Waals surface area contributed by atoms with Crippen molar-refractivity contribution in [3.63, 3.8) is 0 Å². The van der Waals surface area contributed by atoms with Crippen molar-refractivity contribution in [3.05, 3.63) is 94.7 Å². The molecule has 39 heavy (non-hydrogen) atoms. The Labute approximate surface area is 229 Å². The average Bonchev–Trinajstić information content (AvgIpc) is 3.16. The van der Waals surface area contributed by atoms with Gasteiger partial charge in [-0.15, -0.1) is 0 Å². The summed E-state index contributed by atoms with van der Waals surface area (Å²) >= 11 is 6.21. The molecule has 0 saturated carbocycles. The Morgan fingerprint density at radius 1 is 0.872 bits per heavy atom. The minimum Gasteiger partial charge on any atom is -0.497 e. The lowest BCUT2D eigenvalue weighted by atomic mass is 10.2. The molecule has 0 bridgehead atoms. The summed E-state index contributed by atoms with van der Waals surface area (Å²) in [7, 11) is 1.51. The molecule has 0 fully saturated rings. The highest BCUT2D eigenvalue weighted by Crippen LogP contribution is 2.30. The van der Waals surface area contributed by atoms with Crippen LogP contribution >= 0.6 is 11.6 Å². The van der Waals surface area contributed by atoms with Gasteiger partial charge in [0.15, 0.2) is 0 Å². The third kappa shape index (κ3) is 6.27. The van der Waals surface area contributed by atoms with Crippen molar-refractivity contribution in [3.8, 4) is 11.5 Å². The van der Waals surface area contributed by atoms with Gasteiger partial charge in [-0.05, 0) is 67.1 Å². The summed E-state index contributed by atoms with van der Waals surface area (Å²) in [5.74, 6) is -1.55. The van der Waals surface area contributed by atoms with Gasteiger partial charge in [0.2, 0.25) is 0 Å². The molecule has 0 aliphatic carbocycles. The van der Waals surface area contributed by atoms with E-state index in [4.69, 9.17) is 25.8 Å². The molecular weight excluding hydrogens is 524 g/mol. The van der Waals surface area contributed by atoms with Crippen molar-refractivity contribution in [1.82, 2.24) is 0 Å². The standard InChI is InChI=1S/C29H25ClN2O7/c1-3-4-16-38-28(35)18-10-14-21(15-11-18)32-26(33)24(30)25(27(32)34)31-20-12-8-19(9-13-20)29(36)39-23-7-5-6-22(17-23)37-2/h5-15,17,31H,3-4,16H2,1-2H3. The van der Waals surface area contributed by atoms with Crippen LogP contribution in [0.15, 0.2) is 83.5 Å². The molecule has 1 heterocycles. The number of nitrogens with one attached hydrogen (secondary N) is 1. The number of anilines is 2. The minimum absolute atomic E-state index is 0.114. The van der Waals surface area contributed by atoms with E-state index in [1.165, 1.54) is 43.5 Å². The lowest BCUT2D eigenvalue weighted by Gasteiger charge is -2.15. The number of methoxy groups -OCH3 is 1. The fourth-order valence-electron chi connectivity index (χ4n) is 3.65. The molecule has 1 N–H and O–H groups in total. The topological polar surface area (TPSA) is 111 Å². The summed E-state index contributed by atoms with van der Waals surface area (Å²) in [6.07, 6.45) is 1.66. The molecule has 0 radical (unpaired) electrons. The van der Waals surface area contributed by atoms with Crippen molar-refractivity contribution in [2.45, 2.75) is 19.8 Å². The van der Waals surface area contributed by atoms with Crippen LogP contribution in [-0.2, 0) is 14.3 Å². The lowest BCUT2D eigenvalue weighted by Crippen LogP contribution is -2.32. The van der Waals surface area contributed by atoms with Gasteiger partial charge in [-0.2, -0.15) is 0 Å². The van der Waals surface area contributed by atoms with E-state index in [1.54, 1.807) is 36.4 Å². The van der Waals surface area contributed by atoms with Gasteiger partial charge in [0.25, 0.3) is 11.8 Å². The van der Waals surface area contributed by atoms with Gasteiger partial charge in [0.05, 0.1) is 30.5 Å². The molecule has 3 aromatic rings. The van der Waals surface area contributed by atoms with Crippen LogP contribution in [0.25, 0.3) is 0 Å². The van der Waals surface area contributed by atoms with Gasteiger partial charge in [0.1, 0.15) is 22.2 Å². The van der Waals surface area contributed by atoms with Crippen LogP contribution in [0.4, 0.5) is 11.4 Å². The number of unbranched alkanes of at least 4 members (excludes halogenated alkanes) is 1. The van der Waals surface area contributed by atoms with Crippen LogP contribution in [0, 0.1) is 0 Å². The fourth-order valence-corrected chi connectivity index (χ4v) is 3.86. The second kappa shape index (κ2) is 12.3. The third-order valence-electron chi connectivity index (χ3n) is 5.76. The summed E-state index contributed by atoms with van der Waals surface area (Å²) in [5.41, 5.74) is 1.13. The number of amides is 2. The summed E-state index contributed by atoms with van der Waals surface area (Å²) in [4.78, 5) is 51.4. The van der Waals surface area contributed by atoms with E-state index in [-0.39, 0.29) is 22.0 Å². The van der Waals surface area contributed by atoms with E-state index >= 15 is 0 Å². The highest BCUT2D eigenvalue weighted by Gasteiger charge is 2.39.